The van der Waals surface area contributed by atoms with Crippen molar-refractivity contribution in [3.8, 4) is 0 Å². The molecule has 1 N–H and O–H groups in total. The number of methoxy groups -OCH3 is 2. The maximum atomic E-state index is 12.5. The maximum Gasteiger partial charge on any atom is 0.316 e. The third-order valence-electron chi connectivity index (χ3n) is 4.64. The van der Waals surface area contributed by atoms with Crippen LogP contribution in [0.5, 0.6) is 0 Å². The summed E-state index contributed by atoms with van der Waals surface area (Å²) in [6.45, 7) is 1.30. The summed E-state index contributed by atoms with van der Waals surface area (Å²) < 4.78 is 9.45. The molecule has 0 spiro atoms. The van der Waals surface area contributed by atoms with Crippen molar-refractivity contribution in [2.75, 3.05) is 14.2 Å². The Morgan fingerprint density at radius 3 is 2.42 bits per heavy atom. The number of ketones is 1. The van der Waals surface area contributed by atoms with Crippen LogP contribution in [-0.4, -0.2) is 47.6 Å². The molecule has 0 heterocycles. The molecule has 9 nitrogen and oxygen atoms in total. The van der Waals surface area contributed by atoms with Gasteiger partial charge >= 0.3 is 11.9 Å². The number of benzene rings is 1. The van der Waals surface area contributed by atoms with Crippen LogP contribution in [0.3, 0.4) is 0 Å². The van der Waals surface area contributed by atoms with Crippen molar-refractivity contribution in [3.63, 3.8) is 0 Å². The molecule has 1 aliphatic carbocycles. The molecule has 4 atom stereocenters. The molecule has 0 aromatic heterocycles. The normalized spacial score (nSPS) is 28.3. The van der Waals surface area contributed by atoms with E-state index in [1.165, 1.54) is 31.2 Å². The van der Waals surface area contributed by atoms with Crippen molar-refractivity contribution >= 4 is 23.4 Å². The summed E-state index contributed by atoms with van der Waals surface area (Å²) >= 11 is 0. The average Bonchev–Trinajstić information content (AvgIpc) is 2.59. The number of esters is 2. The molecule has 0 amide bonds. The molecule has 2 rings (SSSR count). The lowest BCUT2D eigenvalue weighted by atomic mass is 9.61. The van der Waals surface area contributed by atoms with Crippen LogP contribution in [0.2, 0.25) is 0 Å². The summed E-state index contributed by atoms with van der Waals surface area (Å²) in [6.07, 6.45) is -0.446. The Balaban J connectivity index is 2.69. The largest absolute Gasteiger partial charge is 0.469 e. The van der Waals surface area contributed by atoms with Crippen LogP contribution in [0, 0.1) is 22.0 Å². The van der Waals surface area contributed by atoms with Gasteiger partial charge in [-0.15, -0.1) is 0 Å². The van der Waals surface area contributed by atoms with E-state index in [0.717, 1.165) is 14.2 Å². The van der Waals surface area contributed by atoms with Crippen LogP contribution in [-0.2, 0) is 23.9 Å². The van der Waals surface area contributed by atoms with Gasteiger partial charge in [0.05, 0.1) is 30.7 Å². The Bertz CT molecular complexity index is 757. The van der Waals surface area contributed by atoms with E-state index in [1.807, 2.05) is 0 Å². The first-order chi connectivity index (χ1) is 12.1. The first-order valence-corrected chi connectivity index (χ1v) is 7.79. The zero-order valence-corrected chi connectivity index (χ0v) is 14.5. The minimum Gasteiger partial charge on any atom is -0.469 e. The molecule has 0 aliphatic heterocycles. The summed E-state index contributed by atoms with van der Waals surface area (Å²) in [5, 5.41) is 21.8. The highest BCUT2D eigenvalue weighted by Gasteiger charge is 2.57. The van der Waals surface area contributed by atoms with Gasteiger partial charge in [-0.3, -0.25) is 24.5 Å². The lowest BCUT2D eigenvalue weighted by Crippen LogP contribution is -2.55. The smallest absolute Gasteiger partial charge is 0.316 e. The lowest BCUT2D eigenvalue weighted by molar-refractivity contribution is -0.385. The molecule has 26 heavy (non-hydrogen) atoms. The topological polar surface area (TPSA) is 133 Å². The van der Waals surface area contributed by atoms with Crippen molar-refractivity contribution in [1.29, 1.82) is 0 Å². The van der Waals surface area contributed by atoms with Crippen LogP contribution < -0.4 is 0 Å². The molecule has 0 radical (unpaired) electrons. The fourth-order valence-corrected chi connectivity index (χ4v) is 3.52. The molecule has 1 saturated carbocycles. The highest BCUT2D eigenvalue weighted by molar-refractivity contribution is 6.02. The zero-order chi connectivity index (χ0) is 19.6. The quantitative estimate of drug-likeness (QED) is 0.361. The number of carbonyl (C=O) groups excluding carboxylic acids is 3. The second-order valence-electron chi connectivity index (χ2n) is 6.38. The summed E-state index contributed by atoms with van der Waals surface area (Å²) in [7, 11) is 2.21. The van der Waals surface area contributed by atoms with Crippen LogP contribution in [0.4, 0.5) is 5.69 Å². The second kappa shape index (κ2) is 7.20. The number of non-ortho nitro benzene ring substituents is 1. The van der Waals surface area contributed by atoms with Gasteiger partial charge in [-0.05, 0) is 12.5 Å². The van der Waals surface area contributed by atoms with E-state index < -0.39 is 52.4 Å². The maximum absolute atomic E-state index is 12.5. The van der Waals surface area contributed by atoms with E-state index in [0.29, 0.717) is 0 Å². The number of Topliss-reactive ketones (excluding diaryl/α,β-unsaturated/α-hetero) is 1. The number of hydrogen-bond acceptors (Lipinski definition) is 8. The predicted octanol–water partition coefficient (Wildman–Crippen LogP) is 0.981. The third-order valence-corrected chi connectivity index (χ3v) is 4.64. The molecule has 0 saturated heterocycles. The second-order valence-corrected chi connectivity index (χ2v) is 6.38. The van der Waals surface area contributed by atoms with Gasteiger partial charge in [-0.1, -0.05) is 12.1 Å². The number of hydrogen-bond donors (Lipinski definition) is 1. The third kappa shape index (κ3) is 3.43. The minimum absolute atomic E-state index is 0.193. The molecular formula is C17H19NO8. The number of nitro benzene ring substituents is 1. The van der Waals surface area contributed by atoms with Gasteiger partial charge in [-0.25, -0.2) is 0 Å². The van der Waals surface area contributed by atoms with E-state index in [1.54, 1.807) is 0 Å². The Morgan fingerprint density at radius 2 is 1.88 bits per heavy atom. The lowest BCUT2D eigenvalue weighted by Gasteiger charge is -2.43. The summed E-state index contributed by atoms with van der Waals surface area (Å²) in [6, 6.07) is 5.25. The standard InChI is InChI=1S/C17H19NO8/c1-17(22)8-11(19)13(15(20)25-2)12(14(17)16(21)26-3)9-5-4-6-10(7-9)18(23)24/h4-7,12-14,22H,8H2,1-3H3. The molecule has 0 bridgehead atoms. The molecule has 1 aromatic carbocycles. The number of ether oxygens (including phenoxy) is 2. The van der Waals surface area contributed by atoms with Crippen molar-refractivity contribution in [1.82, 2.24) is 0 Å². The van der Waals surface area contributed by atoms with Crippen molar-refractivity contribution in [3.05, 3.63) is 39.9 Å². The van der Waals surface area contributed by atoms with Gasteiger partial charge < -0.3 is 14.6 Å². The predicted molar refractivity (Wildman–Crippen MR) is 87.1 cm³/mol. The Hall–Kier alpha value is -2.81. The van der Waals surface area contributed by atoms with E-state index in [4.69, 9.17) is 9.47 Å². The van der Waals surface area contributed by atoms with Gasteiger partial charge in [0.2, 0.25) is 0 Å². The molecule has 1 aromatic rings. The van der Waals surface area contributed by atoms with Crippen LogP contribution in [0.15, 0.2) is 24.3 Å². The highest BCUT2D eigenvalue weighted by atomic mass is 16.6. The summed E-state index contributed by atoms with van der Waals surface area (Å²) in [5.74, 6) is -6.14. The number of aliphatic hydroxyl groups is 1. The van der Waals surface area contributed by atoms with Crippen LogP contribution in [0.1, 0.15) is 24.8 Å². The minimum atomic E-state index is -1.79. The monoisotopic (exact) mass is 365 g/mol. The summed E-state index contributed by atoms with van der Waals surface area (Å²) in [5.41, 5.74) is -1.87. The van der Waals surface area contributed by atoms with Crippen LogP contribution in [0.25, 0.3) is 0 Å². The molecule has 1 aliphatic rings. The molecule has 1 fully saturated rings. The van der Waals surface area contributed by atoms with E-state index in [2.05, 4.69) is 0 Å². The fourth-order valence-electron chi connectivity index (χ4n) is 3.52. The number of nitro groups is 1. The van der Waals surface area contributed by atoms with Gasteiger partial charge in [0, 0.05) is 24.5 Å². The average molecular weight is 365 g/mol. The van der Waals surface area contributed by atoms with Crippen LogP contribution >= 0.6 is 0 Å². The Kier molecular flexibility index (Phi) is 5.41. The molecule has 4 unspecified atom stereocenters. The van der Waals surface area contributed by atoms with E-state index in [9.17, 15) is 29.6 Å². The number of rotatable bonds is 4. The van der Waals surface area contributed by atoms with Gasteiger partial charge in [0.15, 0.2) is 5.78 Å². The van der Waals surface area contributed by atoms with Crippen molar-refractivity contribution < 1.29 is 33.9 Å². The fraction of sp³-hybridized carbons (Fsp3) is 0.471. The Morgan fingerprint density at radius 1 is 1.27 bits per heavy atom. The van der Waals surface area contributed by atoms with Gasteiger partial charge in [0.1, 0.15) is 5.92 Å². The molecular weight excluding hydrogens is 346 g/mol. The first-order valence-electron chi connectivity index (χ1n) is 7.79. The summed E-state index contributed by atoms with van der Waals surface area (Å²) in [4.78, 5) is 47.6. The van der Waals surface area contributed by atoms with E-state index in [-0.39, 0.29) is 11.3 Å². The van der Waals surface area contributed by atoms with Crippen molar-refractivity contribution in [2.24, 2.45) is 11.8 Å². The number of nitrogens with zero attached hydrogens (tertiary/aromatic N) is 1. The highest BCUT2D eigenvalue weighted by Crippen LogP contribution is 2.47. The molecule has 9 heteroatoms. The Labute approximate surface area is 149 Å². The SMILES string of the molecule is COC(=O)C1C(=O)CC(C)(O)C(C(=O)OC)C1c1cccc([N+](=O)[O-])c1. The number of carbonyl (C=O) groups is 3. The van der Waals surface area contributed by atoms with Crippen molar-refractivity contribution in [2.45, 2.75) is 24.9 Å². The van der Waals surface area contributed by atoms with E-state index >= 15 is 0 Å². The zero-order valence-electron chi connectivity index (χ0n) is 14.5. The molecule has 140 valence electrons. The van der Waals surface area contributed by atoms with Gasteiger partial charge in [0.25, 0.3) is 5.69 Å². The van der Waals surface area contributed by atoms with Gasteiger partial charge in [-0.2, -0.15) is 0 Å². The first kappa shape index (κ1) is 19.5.